The highest BCUT2D eigenvalue weighted by molar-refractivity contribution is 5.46. The van der Waals surface area contributed by atoms with E-state index in [0.29, 0.717) is 0 Å². The van der Waals surface area contributed by atoms with E-state index >= 15 is 0 Å². The van der Waals surface area contributed by atoms with Gasteiger partial charge in [-0.05, 0) is 57.2 Å². The van der Waals surface area contributed by atoms with Gasteiger partial charge in [0, 0.05) is 36.7 Å². The van der Waals surface area contributed by atoms with E-state index < -0.39 is 0 Å². The van der Waals surface area contributed by atoms with Crippen LogP contribution >= 0.6 is 0 Å². The number of piperidine rings is 1. The second-order valence-corrected chi connectivity index (χ2v) is 5.71. The lowest BCUT2D eigenvalue weighted by atomic mass is 9.89. The molecule has 98 valence electrons. The van der Waals surface area contributed by atoms with Gasteiger partial charge in [-0.1, -0.05) is 0 Å². The van der Waals surface area contributed by atoms with Crippen LogP contribution in [0.1, 0.15) is 31.4 Å². The van der Waals surface area contributed by atoms with Crippen molar-refractivity contribution in [1.82, 2.24) is 10.3 Å². The molecule has 1 aromatic rings. The maximum atomic E-state index is 4.29. The van der Waals surface area contributed by atoms with Crippen LogP contribution in [0.2, 0.25) is 0 Å². The summed E-state index contributed by atoms with van der Waals surface area (Å²) in [5.74, 6) is 0.828. The van der Waals surface area contributed by atoms with Crippen LogP contribution in [0.4, 0.5) is 5.69 Å². The van der Waals surface area contributed by atoms with Gasteiger partial charge >= 0.3 is 0 Å². The fourth-order valence-corrected chi connectivity index (χ4v) is 3.41. The third-order valence-corrected chi connectivity index (χ3v) is 4.37. The molecule has 3 rings (SSSR count). The molecule has 2 aliphatic rings. The van der Waals surface area contributed by atoms with Crippen molar-refractivity contribution < 1.29 is 0 Å². The molecular weight excluding hydrogens is 222 g/mol. The van der Waals surface area contributed by atoms with E-state index in [1.807, 2.05) is 6.20 Å². The first kappa shape index (κ1) is 12.0. The summed E-state index contributed by atoms with van der Waals surface area (Å²) in [7, 11) is 0. The fourth-order valence-electron chi connectivity index (χ4n) is 3.41. The highest BCUT2D eigenvalue weighted by atomic mass is 15.1. The van der Waals surface area contributed by atoms with Crippen LogP contribution in [0.25, 0.3) is 0 Å². The van der Waals surface area contributed by atoms with Crippen molar-refractivity contribution in [3.05, 3.63) is 24.0 Å². The zero-order chi connectivity index (χ0) is 12.4. The minimum Gasteiger partial charge on any atom is -0.371 e. The number of nitrogens with one attached hydrogen (secondary N) is 1. The molecule has 3 heteroatoms. The number of rotatable bonds is 2. The molecule has 3 heterocycles. The Morgan fingerprint density at radius 2 is 2.28 bits per heavy atom. The van der Waals surface area contributed by atoms with Crippen molar-refractivity contribution in [2.75, 3.05) is 24.5 Å². The molecule has 0 amide bonds. The highest BCUT2D eigenvalue weighted by Gasteiger charge is 2.29. The van der Waals surface area contributed by atoms with Crippen LogP contribution in [0.3, 0.4) is 0 Å². The monoisotopic (exact) mass is 245 g/mol. The van der Waals surface area contributed by atoms with Crippen LogP contribution in [0, 0.1) is 12.8 Å². The number of aromatic nitrogens is 1. The zero-order valence-corrected chi connectivity index (χ0v) is 11.2. The molecular formula is C15H23N3. The lowest BCUT2D eigenvalue weighted by Crippen LogP contribution is -2.43. The fraction of sp³-hybridized carbons (Fsp3) is 0.667. The van der Waals surface area contributed by atoms with Crippen molar-refractivity contribution in [3.63, 3.8) is 0 Å². The summed E-state index contributed by atoms with van der Waals surface area (Å²) in [4.78, 5) is 6.84. The summed E-state index contributed by atoms with van der Waals surface area (Å²) in [5.41, 5.74) is 2.47. The average molecular weight is 245 g/mol. The van der Waals surface area contributed by atoms with Crippen molar-refractivity contribution in [2.45, 2.75) is 38.6 Å². The molecule has 2 atom stereocenters. The molecule has 0 saturated carbocycles. The third kappa shape index (κ3) is 2.51. The molecule has 2 fully saturated rings. The number of aryl methyl sites for hydroxylation is 1. The van der Waals surface area contributed by atoms with Gasteiger partial charge in [0.2, 0.25) is 0 Å². The van der Waals surface area contributed by atoms with E-state index in [0.717, 1.165) is 17.7 Å². The van der Waals surface area contributed by atoms with Gasteiger partial charge in [-0.2, -0.15) is 0 Å². The van der Waals surface area contributed by atoms with E-state index in [-0.39, 0.29) is 0 Å². The minimum atomic E-state index is 0.760. The highest BCUT2D eigenvalue weighted by Crippen LogP contribution is 2.28. The third-order valence-electron chi connectivity index (χ3n) is 4.37. The Morgan fingerprint density at radius 1 is 1.33 bits per heavy atom. The molecule has 18 heavy (non-hydrogen) atoms. The number of hydrogen-bond acceptors (Lipinski definition) is 3. The van der Waals surface area contributed by atoms with Crippen LogP contribution in [-0.2, 0) is 0 Å². The summed E-state index contributed by atoms with van der Waals surface area (Å²) in [6.45, 7) is 5.70. The van der Waals surface area contributed by atoms with Crippen LogP contribution < -0.4 is 10.2 Å². The van der Waals surface area contributed by atoms with E-state index in [1.165, 1.54) is 51.0 Å². The average Bonchev–Trinajstić information content (AvgIpc) is 2.93. The van der Waals surface area contributed by atoms with Crippen molar-refractivity contribution in [3.8, 4) is 0 Å². The molecule has 2 unspecified atom stereocenters. The van der Waals surface area contributed by atoms with Crippen LogP contribution in [0.5, 0.6) is 0 Å². The van der Waals surface area contributed by atoms with E-state index in [1.54, 1.807) is 0 Å². The molecule has 0 aromatic carbocycles. The summed E-state index contributed by atoms with van der Waals surface area (Å²) >= 11 is 0. The lowest BCUT2D eigenvalue weighted by Gasteiger charge is -2.37. The van der Waals surface area contributed by atoms with Gasteiger partial charge in [0.15, 0.2) is 0 Å². The first-order valence-corrected chi connectivity index (χ1v) is 7.24. The normalized spacial score (nSPS) is 28.6. The molecule has 1 N–H and O–H groups in total. The van der Waals surface area contributed by atoms with Gasteiger partial charge in [0.25, 0.3) is 0 Å². The maximum absolute atomic E-state index is 4.29. The first-order chi connectivity index (χ1) is 8.83. The first-order valence-electron chi connectivity index (χ1n) is 7.24. The Bertz CT molecular complexity index is 398. The van der Waals surface area contributed by atoms with Gasteiger partial charge < -0.3 is 10.2 Å². The Morgan fingerprint density at radius 3 is 3.06 bits per heavy atom. The van der Waals surface area contributed by atoms with Gasteiger partial charge in [0.05, 0.1) is 0 Å². The summed E-state index contributed by atoms with van der Waals surface area (Å²) < 4.78 is 0. The summed E-state index contributed by atoms with van der Waals surface area (Å²) in [5, 5.41) is 3.67. The molecule has 0 spiro atoms. The number of nitrogens with zero attached hydrogens (tertiary/aromatic N) is 2. The molecule has 0 radical (unpaired) electrons. The van der Waals surface area contributed by atoms with Crippen LogP contribution in [0.15, 0.2) is 18.3 Å². The molecule has 2 aliphatic heterocycles. The Labute approximate surface area is 110 Å². The molecule has 3 nitrogen and oxygen atoms in total. The summed E-state index contributed by atoms with van der Waals surface area (Å²) in [6, 6.07) is 5.12. The predicted molar refractivity (Wildman–Crippen MR) is 74.9 cm³/mol. The Hall–Kier alpha value is -1.09. The Balaban J connectivity index is 1.69. The second kappa shape index (κ2) is 5.27. The minimum absolute atomic E-state index is 0.760. The van der Waals surface area contributed by atoms with E-state index in [2.05, 4.69) is 34.3 Å². The number of pyridine rings is 1. The topological polar surface area (TPSA) is 28.2 Å². The maximum Gasteiger partial charge on any atom is 0.0399 e. The lowest BCUT2D eigenvalue weighted by molar-refractivity contribution is 0.329. The second-order valence-electron chi connectivity index (χ2n) is 5.71. The molecule has 0 bridgehead atoms. The predicted octanol–water partition coefficient (Wildman–Crippen LogP) is 2.36. The largest absolute Gasteiger partial charge is 0.371 e. The summed E-state index contributed by atoms with van der Waals surface area (Å²) in [6.07, 6.45) is 7.37. The smallest absolute Gasteiger partial charge is 0.0399 e. The molecule has 2 saturated heterocycles. The quantitative estimate of drug-likeness (QED) is 0.867. The van der Waals surface area contributed by atoms with Crippen molar-refractivity contribution in [2.24, 2.45) is 5.92 Å². The van der Waals surface area contributed by atoms with E-state index in [9.17, 15) is 0 Å². The van der Waals surface area contributed by atoms with Crippen molar-refractivity contribution >= 4 is 5.69 Å². The molecule has 1 aromatic heterocycles. The van der Waals surface area contributed by atoms with Crippen molar-refractivity contribution in [1.29, 1.82) is 0 Å². The van der Waals surface area contributed by atoms with Gasteiger partial charge in [-0.25, -0.2) is 0 Å². The zero-order valence-electron chi connectivity index (χ0n) is 11.2. The number of anilines is 1. The Kier molecular flexibility index (Phi) is 3.50. The van der Waals surface area contributed by atoms with Crippen LogP contribution in [-0.4, -0.2) is 30.7 Å². The van der Waals surface area contributed by atoms with E-state index in [4.69, 9.17) is 0 Å². The standard InChI is InChI=1S/C15H23N3/c1-12-10-14(6-8-16-12)18-9-3-4-13(11-18)15-5-2-7-17-15/h6,8,10,13,15,17H,2-5,7,9,11H2,1H3. The molecule has 0 aliphatic carbocycles. The van der Waals surface area contributed by atoms with Gasteiger partial charge in [-0.15, -0.1) is 0 Å². The van der Waals surface area contributed by atoms with Gasteiger partial charge in [0.1, 0.15) is 0 Å². The van der Waals surface area contributed by atoms with Gasteiger partial charge in [-0.3, -0.25) is 4.98 Å². The SMILES string of the molecule is Cc1cc(N2CCCC(C3CCCN3)C2)ccn1. The number of hydrogen-bond donors (Lipinski definition) is 1.